The minimum atomic E-state index is 0.538. The molecule has 5 heteroatoms. The van der Waals surface area contributed by atoms with E-state index in [4.69, 9.17) is 0 Å². The lowest BCUT2D eigenvalue weighted by Crippen LogP contribution is -2.31. The smallest absolute Gasteiger partial charge is 0.146 e. The lowest BCUT2D eigenvalue weighted by molar-refractivity contribution is 0.556. The van der Waals surface area contributed by atoms with Gasteiger partial charge >= 0.3 is 0 Å². The van der Waals surface area contributed by atoms with Gasteiger partial charge in [-0.1, -0.05) is 15.9 Å². The van der Waals surface area contributed by atoms with Crippen LogP contribution in [0.4, 0.5) is 5.82 Å². The number of rotatable bonds is 2. The summed E-state index contributed by atoms with van der Waals surface area (Å²) in [5.41, 5.74) is 0. The highest BCUT2D eigenvalue weighted by atomic mass is 79.9. The third-order valence-corrected chi connectivity index (χ3v) is 4.42. The summed E-state index contributed by atoms with van der Waals surface area (Å²) in [5.74, 6) is 1.73. The molecule has 0 bridgehead atoms. The molecule has 1 aliphatic heterocycles. The SMILES string of the molecule is CC1C(CBr)CCN1c1ncncc1Br. The van der Waals surface area contributed by atoms with E-state index in [1.165, 1.54) is 6.42 Å². The maximum atomic E-state index is 4.33. The second kappa shape index (κ2) is 4.78. The number of hydrogen-bond donors (Lipinski definition) is 0. The quantitative estimate of drug-likeness (QED) is 0.779. The van der Waals surface area contributed by atoms with Crippen molar-refractivity contribution in [2.24, 2.45) is 5.92 Å². The van der Waals surface area contributed by atoms with Crippen LogP contribution in [0.5, 0.6) is 0 Å². The Morgan fingerprint density at radius 3 is 3.00 bits per heavy atom. The fourth-order valence-corrected chi connectivity index (χ4v) is 3.34. The number of hydrogen-bond acceptors (Lipinski definition) is 3. The summed E-state index contributed by atoms with van der Waals surface area (Å²) >= 11 is 7.06. The highest BCUT2D eigenvalue weighted by molar-refractivity contribution is 9.10. The third-order valence-electron chi connectivity index (χ3n) is 3.03. The van der Waals surface area contributed by atoms with E-state index in [1.54, 1.807) is 12.5 Å². The van der Waals surface area contributed by atoms with Gasteiger partial charge in [0.25, 0.3) is 0 Å². The molecular weight excluding hydrogens is 322 g/mol. The Bertz CT molecular complexity index is 345. The first-order valence-electron chi connectivity index (χ1n) is 5.02. The Kier molecular flexibility index (Phi) is 3.61. The topological polar surface area (TPSA) is 29.0 Å². The summed E-state index contributed by atoms with van der Waals surface area (Å²) < 4.78 is 0.979. The minimum absolute atomic E-state index is 0.538. The zero-order valence-electron chi connectivity index (χ0n) is 8.53. The van der Waals surface area contributed by atoms with Gasteiger partial charge in [0.2, 0.25) is 0 Å². The van der Waals surface area contributed by atoms with Gasteiger partial charge in [-0.25, -0.2) is 9.97 Å². The molecule has 0 saturated carbocycles. The Morgan fingerprint density at radius 1 is 1.60 bits per heavy atom. The second-order valence-corrected chi connectivity index (χ2v) is 5.33. The van der Waals surface area contributed by atoms with Gasteiger partial charge in [0, 0.05) is 24.1 Å². The molecule has 2 heterocycles. The van der Waals surface area contributed by atoms with Crippen molar-refractivity contribution in [1.82, 2.24) is 9.97 Å². The summed E-state index contributed by atoms with van der Waals surface area (Å²) in [7, 11) is 0. The van der Waals surface area contributed by atoms with Gasteiger partial charge in [0.05, 0.1) is 4.47 Å². The Labute approximate surface area is 107 Å². The van der Waals surface area contributed by atoms with E-state index in [0.717, 1.165) is 22.2 Å². The van der Waals surface area contributed by atoms with Crippen LogP contribution < -0.4 is 4.90 Å². The van der Waals surface area contributed by atoms with Gasteiger partial charge in [-0.05, 0) is 35.2 Å². The highest BCUT2D eigenvalue weighted by Gasteiger charge is 2.31. The van der Waals surface area contributed by atoms with Crippen molar-refractivity contribution < 1.29 is 0 Å². The monoisotopic (exact) mass is 333 g/mol. The predicted molar refractivity (Wildman–Crippen MR) is 68.4 cm³/mol. The zero-order valence-corrected chi connectivity index (χ0v) is 11.7. The van der Waals surface area contributed by atoms with E-state index >= 15 is 0 Å². The van der Waals surface area contributed by atoms with Crippen molar-refractivity contribution in [3.63, 3.8) is 0 Å². The van der Waals surface area contributed by atoms with Gasteiger partial charge in [-0.3, -0.25) is 0 Å². The lowest BCUT2D eigenvalue weighted by atomic mass is 10.1. The molecule has 3 nitrogen and oxygen atoms in total. The second-order valence-electron chi connectivity index (χ2n) is 3.83. The molecule has 0 amide bonds. The fraction of sp³-hybridized carbons (Fsp3) is 0.600. The summed E-state index contributed by atoms with van der Waals surface area (Å²) in [6.07, 6.45) is 4.63. The van der Waals surface area contributed by atoms with Crippen LogP contribution in [0.15, 0.2) is 17.0 Å². The third kappa shape index (κ3) is 2.18. The van der Waals surface area contributed by atoms with Crippen molar-refractivity contribution in [3.05, 3.63) is 17.0 Å². The molecule has 0 radical (unpaired) electrons. The van der Waals surface area contributed by atoms with Crippen LogP contribution in [-0.4, -0.2) is 27.9 Å². The van der Waals surface area contributed by atoms with E-state index in [1.807, 2.05) is 0 Å². The minimum Gasteiger partial charge on any atom is -0.353 e. The average Bonchev–Trinajstić information content (AvgIpc) is 2.60. The summed E-state index contributed by atoms with van der Waals surface area (Å²) in [6, 6.07) is 0.538. The van der Waals surface area contributed by atoms with E-state index in [-0.39, 0.29) is 0 Å². The fourth-order valence-electron chi connectivity index (χ4n) is 2.03. The van der Waals surface area contributed by atoms with Crippen LogP contribution in [0.1, 0.15) is 13.3 Å². The van der Waals surface area contributed by atoms with Crippen LogP contribution in [0, 0.1) is 5.92 Å². The summed E-state index contributed by atoms with van der Waals surface area (Å²) in [6.45, 7) is 3.33. The summed E-state index contributed by atoms with van der Waals surface area (Å²) in [4.78, 5) is 10.7. The number of alkyl halides is 1. The summed E-state index contributed by atoms with van der Waals surface area (Å²) in [5, 5.41) is 1.06. The van der Waals surface area contributed by atoms with Crippen molar-refractivity contribution in [2.45, 2.75) is 19.4 Å². The van der Waals surface area contributed by atoms with Crippen molar-refractivity contribution in [1.29, 1.82) is 0 Å². The van der Waals surface area contributed by atoms with Crippen LogP contribution in [0.2, 0.25) is 0 Å². The van der Waals surface area contributed by atoms with Crippen molar-refractivity contribution in [3.8, 4) is 0 Å². The van der Waals surface area contributed by atoms with Crippen LogP contribution in [0.3, 0.4) is 0 Å². The molecule has 82 valence electrons. The lowest BCUT2D eigenvalue weighted by Gasteiger charge is -2.25. The van der Waals surface area contributed by atoms with Gasteiger partial charge in [-0.2, -0.15) is 0 Å². The molecule has 15 heavy (non-hydrogen) atoms. The Hall–Kier alpha value is -0.160. The molecule has 0 aromatic carbocycles. The molecule has 0 N–H and O–H groups in total. The Balaban J connectivity index is 2.22. The number of nitrogens with zero attached hydrogens (tertiary/aromatic N) is 3. The Morgan fingerprint density at radius 2 is 2.40 bits per heavy atom. The van der Waals surface area contributed by atoms with Gasteiger partial charge < -0.3 is 4.90 Å². The number of halogens is 2. The van der Waals surface area contributed by atoms with E-state index in [2.05, 4.69) is 53.7 Å². The van der Waals surface area contributed by atoms with E-state index in [0.29, 0.717) is 12.0 Å². The maximum Gasteiger partial charge on any atom is 0.146 e. The molecule has 0 aliphatic carbocycles. The normalized spacial score (nSPS) is 25.9. The standard InChI is InChI=1S/C10H13Br2N3/c1-7-8(4-11)2-3-15(7)10-9(12)5-13-6-14-10/h5-8H,2-4H2,1H3. The van der Waals surface area contributed by atoms with Gasteiger partial charge in [0.15, 0.2) is 0 Å². The zero-order chi connectivity index (χ0) is 10.8. The van der Waals surface area contributed by atoms with Crippen molar-refractivity contribution >= 4 is 37.7 Å². The molecule has 2 rings (SSSR count). The van der Waals surface area contributed by atoms with E-state index < -0.39 is 0 Å². The number of anilines is 1. The van der Waals surface area contributed by atoms with Crippen LogP contribution >= 0.6 is 31.9 Å². The van der Waals surface area contributed by atoms with Crippen molar-refractivity contribution in [2.75, 3.05) is 16.8 Å². The maximum absolute atomic E-state index is 4.33. The van der Waals surface area contributed by atoms with Crippen LogP contribution in [0.25, 0.3) is 0 Å². The largest absolute Gasteiger partial charge is 0.353 e. The van der Waals surface area contributed by atoms with Gasteiger partial charge in [0.1, 0.15) is 12.1 Å². The average molecular weight is 335 g/mol. The first kappa shape index (κ1) is 11.3. The molecule has 1 aromatic heterocycles. The van der Waals surface area contributed by atoms with Gasteiger partial charge in [-0.15, -0.1) is 0 Å². The molecule has 1 fully saturated rings. The first-order valence-corrected chi connectivity index (χ1v) is 6.93. The van der Waals surface area contributed by atoms with Crippen LogP contribution in [-0.2, 0) is 0 Å². The molecule has 0 spiro atoms. The molecule has 1 aromatic rings. The number of aromatic nitrogens is 2. The molecule has 1 saturated heterocycles. The predicted octanol–water partition coefficient (Wildman–Crippen LogP) is 2.85. The first-order chi connectivity index (χ1) is 7.24. The highest BCUT2D eigenvalue weighted by Crippen LogP contribution is 2.32. The van der Waals surface area contributed by atoms with E-state index in [9.17, 15) is 0 Å². The molecule has 1 aliphatic rings. The molecule has 2 unspecified atom stereocenters. The molecular formula is C10H13Br2N3. The molecule has 2 atom stereocenters.